The molecule has 3 heterocycles. The third-order valence-corrected chi connectivity index (χ3v) is 12.3. The van der Waals surface area contributed by atoms with Gasteiger partial charge in [0, 0.05) is 31.9 Å². The van der Waals surface area contributed by atoms with Crippen LogP contribution in [0.4, 0.5) is 5.69 Å². The van der Waals surface area contributed by atoms with Crippen molar-refractivity contribution < 1.29 is 21.6 Å². The minimum atomic E-state index is -3.50. The Hall–Kier alpha value is -1.53. The van der Waals surface area contributed by atoms with Gasteiger partial charge in [-0.3, -0.25) is 9.69 Å². The van der Waals surface area contributed by atoms with E-state index in [1.54, 1.807) is 32.9 Å². The van der Waals surface area contributed by atoms with Gasteiger partial charge in [-0.2, -0.15) is 4.31 Å². The summed E-state index contributed by atoms with van der Waals surface area (Å²) in [7, 11) is -6.80. The number of sulfonamides is 2. The molecule has 1 spiro atoms. The number of hydrogen-bond acceptors (Lipinski definition) is 6. The Kier molecular flexibility index (Phi) is 9.17. The van der Waals surface area contributed by atoms with Crippen LogP contribution in [-0.2, 0) is 24.8 Å². The topological polar surface area (TPSA) is 107 Å². The first-order chi connectivity index (χ1) is 18.2. The molecule has 1 amide bonds. The lowest BCUT2D eigenvalue weighted by Gasteiger charge is -2.52. The van der Waals surface area contributed by atoms with E-state index in [2.05, 4.69) is 24.1 Å². The normalized spacial score (nSPS) is 23.2. The maximum absolute atomic E-state index is 13.1. The molecule has 1 aromatic carbocycles. The second-order valence-electron chi connectivity index (χ2n) is 13.1. The second-order valence-corrected chi connectivity index (χ2v) is 17.0. The molecule has 0 atom stereocenters. The van der Waals surface area contributed by atoms with Gasteiger partial charge in [0.15, 0.2) is 0 Å². The third kappa shape index (κ3) is 7.61. The van der Waals surface area contributed by atoms with Crippen molar-refractivity contribution >= 4 is 31.6 Å². The summed E-state index contributed by atoms with van der Waals surface area (Å²) in [5, 5.41) is 2.90. The number of rotatable bonds is 8. The molecule has 1 N–H and O–H groups in total. The van der Waals surface area contributed by atoms with E-state index in [4.69, 9.17) is 0 Å². The zero-order valence-corrected chi connectivity index (χ0v) is 25.6. The minimum absolute atomic E-state index is 0.0611. The van der Waals surface area contributed by atoms with Gasteiger partial charge in [-0.25, -0.2) is 21.1 Å². The number of nitrogens with zero attached hydrogens (tertiary/aromatic N) is 3. The standard InChI is InChI=1S/C28H46N4O5S2/c1-23(2)19-38(34,35)32-21-27(3,4)20-28(22-32)12-16-30(17-13-28)18-26(33)29-24-8-10-25(11-9-24)39(36,37)31-14-6-5-7-15-31/h8-11,23H,5-7,12-22H2,1-4H3,(H,29,33). The van der Waals surface area contributed by atoms with Gasteiger partial charge in [-0.15, -0.1) is 0 Å². The summed E-state index contributed by atoms with van der Waals surface area (Å²) < 4.78 is 55.2. The number of hydrogen-bond donors (Lipinski definition) is 1. The van der Waals surface area contributed by atoms with E-state index in [0.29, 0.717) is 31.9 Å². The number of carbonyl (C=O) groups is 1. The fraction of sp³-hybridized carbons (Fsp3) is 0.750. The lowest BCUT2D eigenvalue weighted by Crippen LogP contribution is -2.56. The molecule has 3 aliphatic heterocycles. The fourth-order valence-corrected chi connectivity index (χ4v) is 10.2. The molecule has 3 fully saturated rings. The quantitative estimate of drug-likeness (QED) is 0.502. The molecule has 3 saturated heterocycles. The Balaban J connectivity index is 1.31. The Bertz CT molecular complexity index is 1210. The number of amides is 1. The van der Waals surface area contributed by atoms with Crippen molar-refractivity contribution in [1.82, 2.24) is 13.5 Å². The average Bonchev–Trinajstić information content (AvgIpc) is 2.85. The summed E-state index contributed by atoms with van der Waals surface area (Å²) >= 11 is 0. The number of carbonyl (C=O) groups excluding carboxylic acids is 1. The summed E-state index contributed by atoms with van der Waals surface area (Å²) in [6.07, 6.45) is 5.55. The average molecular weight is 583 g/mol. The first-order valence-corrected chi connectivity index (χ1v) is 17.4. The lowest BCUT2D eigenvalue weighted by molar-refractivity contribution is -0.118. The molecule has 11 heteroatoms. The predicted octanol–water partition coefficient (Wildman–Crippen LogP) is 3.60. The van der Waals surface area contributed by atoms with Gasteiger partial charge in [0.2, 0.25) is 26.0 Å². The largest absolute Gasteiger partial charge is 0.325 e. The zero-order chi connectivity index (χ0) is 28.5. The van der Waals surface area contributed by atoms with Crippen LogP contribution >= 0.6 is 0 Å². The second kappa shape index (κ2) is 11.8. The van der Waals surface area contributed by atoms with E-state index in [1.165, 1.54) is 0 Å². The Morgan fingerprint density at radius 3 is 2.10 bits per heavy atom. The monoisotopic (exact) mass is 582 g/mol. The van der Waals surface area contributed by atoms with Crippen LogP contribution in [0.5, 0.6) is 0 Å². The van der Waals surface area contributed by atoms with Crippen LogP contribution in [-0.4, -0.2) is 87.8 Å². The Morgan fingerprint density at radius 2 is 1.51 bits per heavy atom. The number of anilines is 1. The highest BCUT2D eigenvalue weighted by Gasteiger charge is 2.47. The molecule has 220 valence electrons. The molecule has 4 rings (SSSR count). The van der Waals surface area contributed by atoms with E-state index in [0.717, 1.165) is 51.6 Å². The van der Waals surface area contributed by atoms with E-state index >= 15 is 0 Å². The predicted molar refractivity (Wildman–Crippen MR) is 154 cm³/mol. The van der Waals surface area contributed by atoms with Crippen LogP contribution in [0.1, 0.15) is 66.2 Å². The van der Waals surface area contributed by atoms with Crippen LogP contribution in [0.25, 0.3) is 0 Å². The van der Waals surface area contributed by atoms with Crippen LogP contribution in [0.15, 0.2) is 29.2 Å². The SMILES string of the molecule is CC(C)CS(=O)(=O)N1CC(C)(C)CC2(CCN(CC(=O)Nc3ccc(S(=O)(=O)N4CCCCC4)cc3)CC2)C1. The number of benzene rings is 1. The molecular weight excluding hydrogens is 536 g/mol. The highest BCUT2D eigenvalue weighted by molar-refractivity contribution is 7.89. The maximum atomic E-state index is 13.1. The van der Waals surface area contributed by atoms with Crippen LogP contribution in [0.3, 0.4) is 0 Å². The summed E-state index contributed by atoms with van der Waals surface area (Å²) in [6.45, 7) is 12.2. The number of nitrogens with one attached hydrogen (secondary N) is 1. The maximum Gasteiger partial charge on any atom is 0.243 e. The van der Waals surface area contributed by atoms with E-state index in [9.17, 15) is 21.6 Å². The number of likely N-dealkylation sites (tertiary alicyclic amines) is 1. The molecule has 0 bridgehead atoms. The van der Waals surface area contributed by atoms with Crippen LogP contribution < -0.4 is 5.32 Å². The molecule has 0 radical (unpaired) electrons. The minimum Gasteiger partial charge on any atom is -0.325 e. The van der Waals surface area contributed by atoms with Crippen molar-refractivity contribution in [3.63, 3.8) is 0 Å². The third-order valence-electron chi connectivity index (χ3n) is 8.28. The van der Waals surface area contributed by atoms with Crippen LogP contribution in [0.2, 0.25) is 0 Å². The van der Waals surface area contributed by atoms with Crippen molar-refractivity contribution in [1.29, 1.82) is 0 Å². The van der Waals surface area contributed by atoms with Crippen molar-refractivity contribution in [2.75, 3.05) is 56.9 Å². The van der Waals surface area contributed by atoms with Crippen LogP contribution in [0, 0.1) is 16.7 Å². The zero-order valence-electron chi connectivity index (χ0n) is 24.0. The van der Waals surface area contributed by atoms with E-state index in [-0.39, 0.29) is 39.8 Å². The van der Waals surface area contributed by atoms with Crippen molar-refractivity contribution in [2.45, 2.75) is 71.1 Å². The van der Waals surface area contributed by atoms with Gasteiger partial charge in [-0.1, -0.05) is 34.1 Å². The van der Waals surface area contributed by atoms with Gasteiger partial charge in [-0.05, 0) is 86.2 Å². The van der Waals surface area contributed by atoms with Gasteiger partial charge in [0.25, 0.3) is 0 Å². The first kappa shape index (κ1) is 30.4. The first-order valence-electron chi connectivity index (χ1n) is 14.3. The van der Waals surface area contributed by atoms with Gasteiger partial charge >= 0.3 is 0 Å². The molecule has 3 aliphatic rings. The summed E-state index contributed by atoms with van der Waals surface area (Å²) in [5.74, 6) is 0.130. The molecule has 1 aromatic rings. The van der Waals surface area contributed by atoms with Gasteiger partial charge in [0.1, 0.15) is 0 Å². The van der Waals surface area contributed by atoms with E-state index < -0.39 is 20.0 Å². The van der Waals surface area contributed by atoms with Crippen molar-refractivity contribution in [3.8, 4) is 0 Å². The Labute approximate surface area is 235 Å². The fourth-order valence-electron chi connectivity index (χ4n) is 6.65. The summed E-state index contributed by atoms with van der Waals surface area (Å²) in [5.41, 5.74) is 0.426. The molecule has 0 aromatic heterocycles. The Morgan fingerprint density at radius 1 is 0.897 bits per heavy atom. The molecule has 39 heavy (non-hydrogen) atoms. The lowest BCUT2D eigenvalue weighted by atomic mass is 9.65. The molecular formula is C28H46N4O5S2. The molecule has 0 saturated carbocycles. The van der Waals surface area contributed by atoms with Crippen molar-refractivity contribution in [3.05, 3.63) is 24.3 Å². The molecule has 9 nitrogen and oxygen atoms in total. The van der Waals surface area contributed by atoms with Gasteiger partial charge in [0.05, 0.1) is 17.2 Å². The molecule has 0 aliphatic carbocycles. The number of piperidine rings is 3. The molecule has 0 unspecified atom stereocenters. The highest BCUT2D eigenvalue weighted by Crippen LogP contribution is 2.47. The summed E-state index contributed by atoms with van der Waals surface area (Å²) in [6, 6.07) is 6.43. The van der Waals surface area contributed by atoms with E-state index in [1.807, 2.05) is 13.8 Å². The summed E-state index contributed by atoms with van der Waals surface area (Å²) in [4.78, 5) is 15.2. The smallest absolute Gasteiger partial charge is 0.243 e. The van der Waals surface area contributed by atoms with Gasteiger partial charge < -0.3 is 5.32 Å². The highest BCUT2D eigenvalue weighted by atomic mass is 32.2. The van der Waals surface area contributed by atoms with Crippen molar-refractivity contribution in [2.24, 2.45) is 16.7 Å².